The fraction of sp³-hybridized carbons (Fsp3) is 0.0556. The largest absolute Gasteiger partial charge is 0.255 e. The Morgan fingerprint density at radius 3 is 1.44 bits per heavy atom. The molecule has 5 nitrogen and oxygen atoms in total. The second kappa shape index (κ2) is 13.8. The summed E-state index contributed by atoms with van der Waals surface area (Å²) in [6.07, 6.45) is 3.81. The van der Waals surface area contributed by atoms with Gasteiger partial charge in [-0.2, -0.15) is 0 Å². The molecule has 0 saturated heterocycles. The maximum absolute atomic E-state index is 5.43. The average Bonchev–Trinajstić information content (AvgIpc) is 3.53. The molecule has 0 fully saturated rings. The van der Waals surface area contributed by atoms with Gasteiger partial charge in [0.05, 0.1) is 22.4 Å². The van der Waals surface area contributed by atoms with Gasteiger partial charge in [-0.3, -0.25) is 4.98 Å². The Labute approximate surface area is 342 Å². The van der Waals surface area contributed by atoms with Gasteiger partial charge in [0.25, 0.3) is 0 Å². The van der Waals surface area contributed by atoms with E-state index in [1.54, 1.807) is 0 Å². The predicted molar refractivity (Wildman–Crippen MR) is 241 cm³/mol. The first-order valence-corrected chi connectivity index (χ1v) is 20.0. The van der Waals surface area contributed by atoms with Crippen LogP contribution in [0.2, 0.25) is 0 Å². The molecule has 0 saturated carbocycles. The van der Waals surface area contributed by atoms with E-state index in [-0.39, 0.29) is 5.41 Å². The van der Waals surface area contributed by atoms with Crippen molar-refractivity contribution in [2.24, 2.45) is 0 Å². The molecule has 0 spiro atoms. The lowest BCUT2D eigenvalue weighted by Crippen LogP contribution is -2.15. The fourth-order valence-corrected chi connectivity index (χ4v) is 8.86. The highest BCUT2D eigenvalue weighted by molar-refractivity contribution is 6.19. The minimum absolute atomic E-state index is 0.303. The molecule has 10 aromatic rings. The Morgan fingerprint density at radius 2 is 0.881 bits per heavy atom. The van der Waals surface area contributed by atoms with Gasteiger partial charge in [0, 0.05) is 62.0 Å². The van der Waals surface area contributed by atoms with Crippen molar-refractivity contribution in [1.82, 2.24) is 24.9 Å². The van der Waals surface area contributed by atoms with E-state index < -0.39 is 0 Å². The number of rotatable bonds is 6. The van der Waals surface area contributed by atoms with E-state index in [0.717, 1.165) is 77.7 Å². The summed E-state index contributed by atoms with van der Waals surface area (Å²) < 4.78 is 0. The molecule has 3 aromatic heterocycles. The zero-order valence-electron chi connectivity index (χ0n) is 32.6. The lowest BCUT2D eigenvalue weighted by Gasteiger charge is -2.22. The average molecular weight is 756 g/mol. The van der Waals surface area contributed by atoms with Crippen LogP contribution in [0, 0.1) is 0 Å². The summed E-state index contributed by atoms with van der Waals surface area (Å²) in [6, 6.07) is 61.4. The van der Waals surface area contributed by atoms with Gasteiger partial charge in [0.2, 0.25) is 0 Å². The maximum Gasteiger partial charge on any atom is 0.160 e. The van der Waals surface area contributed by atoms with Gasteiger partial charge in [-0.15, -0.1) is 0 Å². The van der Waals surface area contributed by atoms with E-state index in [9.17, 15) is 0 Å². The summed E-state index contributed by atoms with van der Waals surface area (Å²) in [5.41, 5.74) is 16.7. The summed E-state index contributed by atoms with van der Waals surface area (Å²) in [5, 5.41) is 2.00. The van der Waals surface area contributed by atoms with E-state index in [1.165, 1.54) is 22.3 Å². The fourth-order valence-electron chi connectivity index (χ4n) is 8.86. The quantitative estimate of drug-likeness (QED) is 0.158. The van der Waals surface area contributed by atoms with Gasteiger partial charge >= 0.3 is 0 Å². The maximum atomic E-state index is 5.43. The van der Waals surface area contributed by atoms with Crippen LogP contribution >= 0.6 is 0 Å². The van der Waals surface area contributed by atoms with Gasteiger partial charge in [-0.1, -0.05) is 166 Å². The van der Waals surface area contributed by atoms with E-state index in [2.05, 4.69) is 172 Å². The van der Waals surface area contributed by atoms with Crippen LogP contribution in [-0.4, -0.2) is 24.9 Å². The molecule has 7 aromatic carbocycles. The number of nitrogens with zero attached hydrogens (tertiary/aromatic N) is 5. The van der Waals surface area contributed by atoms with Gasteiger partial charge in [0.15, 0.2) is 11.6 Å². The van der Waals surface area contributed by atoms with Gasteiger partial charge in [-0.05, 0) is 57.6 Å². The summed E-state index contributed by atoms with van der Waals surface area (Å²) >= 11 is 0. The number of benzene rings is 7. The van der Waals surface area contributed by atoms with E-state index >= 15 is 0 Å². The first kappa shape index (κ1) is 34.6. The highest BCUT2D eigenvalue weighted by Crippen LogP contribution is 2.51. The van der Waals surface area contributed by atoms with Gasteiger partial charge in [0.1, 0.15) is 0 Å². The standard InChI is InChI=1S/C54H37N5/c1-54(2)44-30-38(52-56-33-43-50-42(24-15-29-55-50)48(36-20-11-5-12-21-36)49(51(43)59-52)37-22-13-6-14-23-37)25-27-40(44)41-28-26-39(31-45(41)54)53-57-46(34-16-7-3-8-17-34)32-47(58-53)35-18-9-4-10-19-35/h3-33H,1-2H3. The summed E-state index contributed by atoms with van der Waals surface area (Å²) in [7, 11) is 0. The smallest absolute Gasteiger partial charge is 0.160 e. The lowest BCUT2D eigenvalue weighted by molar-refractivity contribution is 0.660. The Balaban J connectivity index is 1.04. The predicted octanol–water partition coefficient (Wildman–Crippen LogP) is 13.3. The van der Waals surface area contributed by atoms with Crippen LogP contribution in [0.5, 0.6) is 0 Å². The molecule has 278 valence electrons. The van der Waals surface area contributed by atoms with Crippen molar-refractivity contribution in [1.29, 1.82) is 0 Å². The molecule has 0 atom stereocenters. The van der Waals surface area contributed by atoms with E-state index in [1.807, 2.05) is 30.6 Å². The molecule has 1 aliphatic carbocycles. The number of pyridine rings is 1. The molecule has 11 rings (SSSR count). The van der Waals surface area contributed by atoms with Crippen molar-refractivity contribution in [3.05, 3.63) is 199 Å². The van der Waals surface area contributed by atoms with Crippen LogP contribution in [0.4, 0.5) is 0 Å². The molecule has 3 heterocycles. The van der Waals surface area contributed by atoms with Crippen molar-refractivity contribution in [3.63, 3.8) is 0 Å². The summed E-state index contributed by atoms with van der Waals surface area (Å²) in [4.78, 5) is 25.7. The molecule has 1 aliphatic rings. The molecular weight excluding hydrogens is 719 g/mol. The highest BCUT2D eigenvalue weighted by atomic mass is 14.9. The molecule has 0 amide bonds. The molecule has 0 N–H and O–H groups in total. The lowest BCUT2D eigenvalue weighted by atomic mass is 9.81. The first-order chi connectivity index (χ1) is 29.0. The minimum atomic E-state index is -0.303. The third-order valence-electron chi connectivity index (χ3n) is 11.8. The SMILES string of the molecule is CC1(C)c2cc(-c3nc(-c4ccccc4)cc(-c4ccccc4)n3)ccc2-c2ccc(-c3ncc4c(n3)c(-c3ccccc3)c(-c3ccccc3)c3cccnc34)cc21. The van der Waals surface area contributed by atoms with E-state index in [4.69, 9.17) is 24.9 Å². The van der Waals surface area contributed by atoms with Crippen molar-refractivity contribution >= 4 is 21.8 Å². The number of hydrogen-bond donors (Lipinski definition) is 0. The molecule has 0 bridgehead atoms. The normalized spacial score (nSPS) is 12.7. The van der Waals surface area contributed by atoms with Gasteiger partial charge < -0.3 is 0 Å². The summed E-state index contributed by atoms with van der Waals surface area (Å²) in [5.74, 6) is 1.38. The second-order valence-corrected chi connectivity index (χ2v) is 15.7. The number of fused-ring (bicyclic) bond motifs is 6. The molecule has 0 unspecified atom stereocenters. The number of hydrogen-bond acceptors (Lipinski definition) is 5. The molecule has 59 heavy (non-hydrogen) atoms. The van der Waals surface area contributed by atoms with Crippen LogP contribution in [0.3, 0.4) is 0 Å². The Morgan fingerprint density at radius 1 is 0.373 bits per heavy atom. The Hall–Kier alpha value is -7.63. The van der Waals surface area contributed by atoms with Crippen molar-refractivity contribution in [2.75, 3.05) is 0 Å². The van der Waals surface area contributed by atoms with Gasteiger partial charge in [-0.25, -0.2) is 19.9 Å². The number of aromatic nitrogens is 5. The molecule has 0 radical (unpaired) electrons. The van der Waals surface area contributed by atoms with Crippen LogP contribution in [-0.2, 0) is 5.41 Å². The first-order valence-electron chi connectivity index (χ1n) is 20.0. The highest BCUT2D eigenvalue weighted by Gasteiger charge is 2.36. The van der Waals surface area contributed by atoms with E-state index in [0.29, 0.717) is 11.6 Å². The van der Waals surface area contributed by atoms with Crippen LogP contribution in [0.15, 0.2) is 188 Å². The Bertz CT molecular complexity index is 3160. The summed E-state index contributed by atoms with van der Waals surface area (Å²) in [6.45, 7) is 4.61. The van der Waals surface area contributed by atoms with Crippen LogP contribution in [0.25, 0.3) is 100 Å². The van der Waals surface area contributed by atoms with Crippen LogP contribution in [0.1, 0.15) is 25.0 Å². The minimum Gasteiger partial charge on any atom is -0.255 e. The van der Waals surface area contributed by atoms with Crippen LogP contribution < -0.4 is 0 Å². The van der Waals surface area contributed by atoms with Crippen molar-refractivity contribution in [2.45, 2.75) is 19.3 Å². The molecule has 5 heteroatoms. The topological polar surface area (TPSA) is 64.5 Å². The molecular formula is C54H37N5. The third kappa shape index (κ3) is 5.81. The van der Waals surface area contributed by atoms with Crippen molar-refractivity contribution < 1.29 is 0 Å². The second-order valence-electron chi connectivity index (χ2n) is 15.7. The zero-order valence-corrected chi connectivity index (χ0v) is 32.6. The zero-order chi connectivity index (χ0) is 39.5. The van der Waals surface area contributed by atoms with Crippen molar-refractivity contribution in [3.8, 4) is 78.7 Å². The molecule has 0 aliphatic heterocycles. The Kier molecular flexibility index (Phi) is 8.09. The monoisotopic (exact) mass is 755 g/mol. The third-order valence-corrected chi connectivity index (χ3v) is 11.8.